The van der Waals surface area contributed by atoms with E-state index >= 15 is 0 Å². The molecule has 0 aliphatic carbocycles. The molecule has 1 aromatic heterocycles. The van der Waals surface area contributed by atoms with Crippen LogP contribution in [0.3, 0.4) is 0 Å². The molecule has 1 N–H and O–H groups in total. The molecule has 0 saturated heterocycles. The highest BCUT2D eigenvalue weighted by Gasteiger charge is 1.99. The molecule has 1 rings (SSSR count). The number of aromatic nitrogens is 2. The Labute approximate surface area is 66.5 Å². The highest BCUT2D eigenvalue weighted by molar-refractivity contribution is 5.12. The SMILES string of the molecule is CNc1nccc[n+]1C.[Cl-]. The molecule has 10 heavy (non-hydrogen) atoms. The lowest BCUT2D eigenvalue weighted by Gasteiger charge is -1.93. The summed E-state index contributed by atoms with van der Waals surface area (Å²) in [6, 6.07) is 1.89. The van der Waals surface area contributed by atoms with E-state index in [-0.39, 0.29) is 12.4 Å². The van der Waals surface area contributed by atoms with Gasteiger partial charge in [-0.3, -0.25) is 5.32 Å². The first-order valence-corrected chi connectivity index (χ1v) is 2.83. The van der Waals surface area contributed by atoms with Gasteiger partial charge in [-0.2, -0.15) is 0 Å². The number of nitrogens with zero attached hydrogens (tertiary/aromatic N) is 2. The molecular weight excluding hydrogens is 150 g/mol. The minimum atomic E-state index is 0. The van der Waals surface area contributed by atoms with Gasteiger partial charge in [0.2, 0.25) is 0 Å². The molecule has 0 aromatic carbocycles. The lowest BCUT2D eigenvalue weighted by molar-refractivity contribution is -0.659. The Kier molecular flexibility index (Phi) is 3.72. The summed E-state index contributed by atoms with van der Waals surface area (Å²) in [5.41, 5.74) is 0. The molecule has 0 fully saturated rings. The van der Waals surface area contributed by atoms with Crippen molar-refractivity contribution in [1.82, 2.24) is 4.98 Å². The van der Waals surface area contributed by atoms with Crippen LogP contribution in [0.25, 0.3) is 0 Å². The van der Waals surface area contributed by atoms with Gasteiger partial charge in [0.15, 0.2) is 0 Å². The smallest absolute Gasteiger partial charge is 0.391 e. The van der Waals surface area contributed by atoms with E-state index in [1.165, 1.54) is 0 Å². The molecule has 0 spiro atoms. The van der Waals surface area contributed by atoms with E-state index in [0.29, 0.717) is 0 Å². The quantitative estimate of drug-likeness (QED) is 0.442. The average molecular weight is 160 g/mol. The van der Waals surface area contributed by atoms with Crippen LogP contribution in [0.2, 0.25) is 0 Å². The standard InChI is InChI=1S/C6H9N3.ClH/c1-7-6-8-4-3-5-9(6)2;/h3-5H,1-2H3;1H. The van der Waals surface area contributed by atoms with Gasteiger partial charge < -0.3 is 12.4 Å². The van der Waals surface area contributed by atoms with Gasteiger partial charge in [0.25, 0.3) is 0 Å². The molecule has 0 aliphatic rings. The number of rotatable bonds is 1. The molecule has 4 heteroatoms. The van der Waals surface area contributed by atoms with E-state index in [1.54, 1.807) is 6.20 Å². The van der Waals surface area contributed by atoms with Crippen LogP contribution in [0.15, 0.2) is 18.5 Å². The predicted octanol–water partition coefficient (Wildman–Crippen LogP) is -3.05. The Morgan fingerprint density at radius 3 is 2.70 bits per heavy atom. The number of aryl methyl sites for hydroxylation is 1. The van der Waals surface area contributed by atoms with Crippen LogP contribution in [0, 0.1) is 0 Å². The number of nitrogens with one attached hydrogen (secondary N) is 1. The molecule has 0 radical (unpaired) electrons. The Bertz CT molecular complexity index is 202. The van der Waals surface area contributed by atoms with Gasteiger partial charge in [0, 0.05) is 6.07 Å². The average Bonchev–Trinajstić information content (AvgIpc) is 1.89. The summed E-state index contributed by atoms with van der Waals surface area (Å²) in [5.74, 6) is 0.873. The van der Waals surface area contributed by atoms with Gasteiger partial charge in [0.1, 0.15) is 6.20 Å². The largest absolute Gasteiger partial charge is 1.00 e. The minimum Gasteiger partial charge on any atom is -1.00 e. The third kappa shape index (κ3) is 1.84. The topological polar surface area (TPSA) is 28.8 Å². The number of anilines is 1. The lowest BCUT2D eigenvalue weighted by Crippen LogP contribution is -3.00. The maximum Gasteiger partial charge on any atom is 0.391 e. The van der Waals surface area contributed by atoms with Gasteiger partial charge in [-0.25, -0.2) is 4.57 Å². The van der Waals surface area contributed by atoms with Crippen molar-refractivity contribution in [3.05, 3.63) is 18.5 Å². The number of hydrogen-bond acceptors (Lipinski definition) is 2. The van der Waals surface area contributed by atoms with Gasteiger partial charge in [-0.1, -0.05) is 4.98 Å². The third-order valence-corrected chi connectivity index (χ3v) is 1.15. The summed E-state index contributed by atoms with van der Waals surface area (Å²) in [6.07, 6.45) is 3.70. The molecule has 3 nitrogen and oxygen atoms in total. The molecule has 1 heterocycles. The molecular formula is C6H10ClN3. The molecule has 1 aromatic rings. The van der Waals surface area contributed by atoms with Crippen LogP contribution >= 0.6 is 0 Å². The third-order valence-electron chi connectivity index (χ3n) is 1.15. The van der Waals surface area contributed by atoms with Crippen LogP contribution in [0.5, 0.6) is 0 Å². The maximum absolute atomic E-state index is 4.05. The fraction of sp³-hybridized carbons (Fsp3) is 0.333. The summed E-state index contributed by atoms with van der Waals surface area (Å²) in [4.78, 5) is 4.05. The van der Waals surface area contributed by atoms with Crippen molar-refractivity contribution < 1.29 is 17.0 Å². The first-order chi connectivity index (χ1) is 4.34. The summed E-state index contributed by atoms with van der Waals surface area (Å²) in [5, 5.41) is 2.95. The van der Waals surface area contributed by atoms with Gasteiger partial charge in [0.05, 0.1) is 20.3 Å². The normalized spacial score (nSPS) is 8.20. The Morgan fingerprint density at radius 1 is 1.60 bits per heavy atom. The molecule has 0 atom stereocenters. The molecule has 56 valence electrons. The van der Waals surface area contributed by atoms with Crippen molar-refractivity contribution in [2.24, 2.45) is 7.05 Å². The van der Waals surface area contributed by atoms with Crippen molar-refractivity contribution in [2.75, 3.05) is 12.4 Å². The van der Waals surface area contributed by atoms with E-state index in [4.69, 9.17) is 0 Å². The fourth-order valence-electron chi connectivity index (χ4n) is 0.684. The van der Waals surface area contributed by atoms with Crippen LogP contribution in [0.1, 0.15) is 0 Å². The molecule has 0 saturated carbocycles. The first-order valence-electron chi connectivity index (χ1n) is 2.83. The Balaban J connectivity index is 0.000000810. The summed E-state index contributed by atoms with van der Waals surface area (Å²) in [6.45, 7) is 0. The van der Waals surface area contributed by atoms with E-state index < -0.39 is 0 Å². The molecule has 0 bridgehead atoms. The highest BCUT2D eigenvalue weighted by atomic mass is 35.5. The number of halogens is 1. The van der Waals surface area contributed by atoms with E-state index in [9.17, 15) is 0 Å². The van der Waals surface area contributed by atoms with Gasteiger partial charge in [-0.15, -0.1) is 0 Å². The Morgan fingerprint density at radius 2 is 2.30 bits per heavy atom. The predicted molar refractivity (Wildman–Crippen MR) is 35.0 cm³/mol. The van der Waals surface area contributed by atoms with Gasteiger partial charge in [-0.05, 0) is 0 Å². The zero-order valence-electron chi connectivity index (χ0n) is 6.00. The van der Waals surface area contributed by atoms with Crippen LogP contribution in [-0.2, 0) is 7.05 Å². The fourth-order valence-corrected chi connectivity index (χ4v) is 0.684. The maximum atomic E-state index is 4.05. The van der Waals surface area contributed by atoms with Gasteiger partial charge >= 0.3 is 5.95 Å². The van der Waals surface area contributed by atoms with Crippen molar-refractivity contribution in [2.45, 2.75) is 0 Å². The molecule has 0 aliphatic heterocycles. The minimum absolute atomic E-state index is 0. The van der Waals surface area contributed by atoms with Crippen LogP contribution in [0.4, 0.5) is 5.95 Å². The monoisotopic (exact) mass is 159 g/mol. The van der Waals surface area contributed by atoms with E-state index in [2.05, 4.69) is 10.3 Å². The Hall–Kier alpha value is -0.830. The lowest BCUT2D eigenvalue weighted by atomic mass is 10.6. The first kappa shape index (κ1) is 9.17. The number of hydrogen-bond donors (Lipinski definition) is 1. The van der Waals surface area contributed by atoms with E-state index in [0.717, 1.165) is 5.95 Å². The van der Waals surface area contributed by atoms with Crippen molar-refractivity contribution in [1.29, 1.82) is 0 Å². The summed E-state index contributed by atoms with van der Waals surface area (Å²) < 4.78 is 1.92. The second-order valence-electron chi connectivity index (χ2n) is 1.80. The zero-order valence-corrected chi connectivity index (χ0v) is 6.76. The summed E-state index contributed by atoms with van der Waals surface area (Å²) >= 11 is 0. The van der Waals surface area contributed by atoms with E-state index in [1.807, 2.05) is 30.9 Å². The summed E-state index contributed by atoms with van der Waals surface area (Å²) in [7, 11) is 3.79. The van der Waals surface area contributed by atoms with Crippen molar-refractivity contribution in [3.8, 4) is 0 Å². The second-order valence-corrected chi connectivity index (χ2v) is 1.80. The van der Waals surface area contributed by atoms with Crippen molar-refractivity contribution in [3.63, 3.8) is 0 Å². The zero-order chi connectivity index (χ0) is 6.69. The second kappa shape index (κ2) is 4.06. The van der Waals surface area contributed by atoms with Crippen LogP contribution in [-0.4, -0.2) is 12.0 Å². The highest BCUT2D eigenvalue weighted by Crippen LogP contribution is 1.85. The molecule has 0 unspecified atom stereocenters. The van der Waals surface area contributed by atoms with Crippen LogP contribution < -0.4 is 22.3 Å². The molecule has 0 amide bonds. The van der Waals surface area contributed by atoms with Crippen molar-refractivity contribution >= 4 is 5.95 Å².